The topological polar surface area (TPSA) is 180 Å². The molecule has 1 aromatic carbocycles. The average molecular weight is 935 g/mol. The first kappa shape index (κ1) is 50.9. The summed E-state index contributed by atoms with van der Waals surface area (Å²) in [5.41, 5.74) is -1.94. The van der Waals surface area contributed by atoms with Gasteiger partial charge in [-0.3, -0.25) is 19.4 Å². The number of aliphatic hydroxyl groups is 1. The SMILES string of the molecule is CC[C@@H]1OC(=O)[C@H](C)[C@H](OC(=O)N2C(=O)OC[C@@H]2C)[C@H](C)[C@@H](O[C@@H]2O[C@H](C)C[C@H](N(C)C3CCCC3)[C@H]2O)[C@@](C)(OC)C[C@@H](C)C(=O)[C@@H](C)[C@H]2N(CCc3ccc(Cl)cc3)C(=O)O[C@]12C. The number of methoxy groups -OCH3 is 1. The number of fused-ring (bicyclic) bond motifs is 1. The van der Waals surface area contributed by atoms with Gasteiger partial charge in [-0.25, -0.2) is 19.3 Å². The van der Waals surface area contributed by atoms with E-state index in [9.17, 15) is 24.3 Å². The number of rotatable bonds is 10. The Morgan fingerprint density at radius 3 is 2.25 bits per heavy atom. The Morgan fingerprint density at radius 1 is 0.985 bits per heavy atom. The normalized spacial score (nSPS) is 38.9. The molecule has 16 nitrogen and oxygen atoms in total. The number of imide groups is 1. The van der Waals surface area contributed by atoms with E-state index in [0.29, 0.717) is 23.9 Å². The van der Waals surface area contributed by atoms with Crippen molar-refractivity contribution >= 4 is 41.6 Å². The number of hydrogen-bond acceptors (Lipinski definition) is 14. The third-order valence-electron chi connectivity index (χ3n) is 15.2. The summed E-state index contributed by atoms with van der Waals surface area (Å²) in [5.74, 6) is -4.64. The zero-order chi connectivity index (χ0) is 47.7. The summed E-state index contributed by atoms with van der Waals surface area (Å²) in [6.45, 7) is 15.9. The van der Waals surface area contributed by atoms with Crippen molar-refractivity contribution in [2.24, 2.45) is 23.7 Å². The highest BCUT2D eigenvalue weighted by Crippen LogP contribution is 2.44. The first-order valence-corrected chi connectivity index (χ1v) is 23.9. The molecule has 3 amide bonds. The van der Waals surface area contributed by atoms with Gasteiger partial charge >= 0.3 is 24.2 Å². The molecule has 17 heteroatoms. The van der Waals surface area contributed by atoms with Crippen LogP contribution in [0.4, 0.5) is 14.4 Å². The lowest BCUT2D eigenvalue weighted by Gasteiger charge is -2.49. The number of carbonyl (C=O) groups excluding carboxylic acids is 5. The fraction of sp³-hybridized carbons (Fsp3) is 0.771. The van der Waals surface area contributed by atoms with Crippen LogP contribution in [0.25, 0.3) is 0 Å². The van der Waals surface area contributed by atoms with Gasteiger partial charge in [-0.2, -0.15) is 0 Å². The van der Waals surface area contributed by atoms with Gasteiger partial charge in [-0.05, 0) is 97.9 Å². The van der Waals surface area contributed by atoms with E-state index in [-0.39, 0.29) is 43.9 Å². The van der Waals surface area contributed by atoms with Crippen LogP contribution in [-0.2, 0) is 49.2 Å². The van der Waals surface area contributed by atoms with Gasteiger partial charge in [0, 0.05) is 48.5 Å². The van der Waals surface area contributed by atoms with E-state index in [2.05, 4.69) is 4.90 Å². The van der Waals surface area contributed by atoms with Crippen molar-refractivity contribution in [1.29, 1.82) is 0 Å². The first-order chi connectivity index (χ1) is 30.6. The van der Waals surface area contributed by atoms with Gasteiger partial charge in [-0.1, -0.05) is 64.3 Å². The van der Waals surface area contributed by atoms with E-state index in [1.54, 1.807) is 72.4 Å². The Balaban J connectivity index is 1.43. The largest absolute Gasteiger partial charge is 0.458 e. The molecule has 364 valence electrons. The number of ether oxygens (including phenoxy) is 7. The first-order valence-electron chi connectivity index (χ1n) is 23.6. The Bertz CT molecular complexity index is 1870. The lowest BCUT2D eigenvalue weighted by molar-refractivity contribution is -0.303. The molecule has 1 saturated carbocycles. The third kappa shape index (κ3) is 10.5. The van der Waals surface area contributed by atoms with Crippen molar-refractivity contribution in [3.63, 3.8) is 0 Å². The van der Waals surface area contributed by atoms with Gasteiger partial charge in [0.2, 0.25) is 0 Å². The molecule has 5 fully saturated rings. The maximum atomic E-state index is 15.0. The van der Waals surface area contributed by atoms with Crippen molar-refractivity contribution in [3.05, 3.63) is 34.9 Å². The highest BCUT2D eigenvalue weighted by molar-refractivity contribution is 6.30. The average Bonchev–Trinajstić information content (AvgIpc) is 4.00. The number of amides is 3. The van der Waals surface area contributed by atoms with Crippen LogP contribution in [0.2, 0.25) is 5.02 Å². The minimum Gasteiger partial charge on any atom is -0.458 e. The Kier molecular flexibility index (Phi) is 16.2. The Morgan fingerprint density at radius 2 is 1.65 bits per heavy atom. The van der Waals surface area contributed by atoms with Crippen molar-refractivity contribution in [3.8, 4) is 0 Å². The van der Waals surface area contributed by atoms with Crippen LogP contribution in [0.5, 0.6) is 0 Å². The predicted molar refractivity (Wildman–Crippen MR) is 239 cm³/mol. The van der Waals surface area contributed by atoms with Crippen LogP contribution in [-0.4, -0.2) is 149 Å². The van der Waals surface area contributed by atoms with E-state index < -0.39 is 102 Å². The number of carbonyl (C=O) groups is 5. The maximum Gasteiger partial charge on any atom is 0.419 e. The standard InChI is InChI=1S/C48H72ClN3O13/c1-12-36-48(9)40(51(44(56)65-48)22-21-32-17-19-33(49)20-18-32)29(5)37(53)26(2)24-47(8,59-11)41(64-43-38(54)35(23-28(4)61-43)50(10)34-15-13-14-16-34)30(6)39(31(7)42(55)62-36)63-46(58)52-27(3)25-60-45(52)57/h17-20,26-31,34-36,38-41,43,54H,12-16,21-25H2,1-11H3/t26-,27+,28-,29-,30+,31-,35+,36+,38-,39-,40-,41-,43+,47+,48-/m1/s1. The number of likely N-dealkylation sites (N-methyl/N-ethyl adjacent to an activating group) is 1. The van der Waals surface area contributed by atoms with Crippen LogP contribution in [0.1, 0.15) is 113 Å². The fourth-order valence-electron chi connectivity index (χ4n) is 11.4. The summed E-state index contributed by atoms with van der Waals surface area (Å²) in [4.78, 5) is 75.4. The number of nitrogens with zero attached hydrogens (tertiary/aromatic N) is 3. The molecule has 0 bridgehead atoms. The van der Waals surface area contributed by atoms with Gasteiger partial charge in [0.1, 0.15) is 30.7 Å². The Labute approximate surface area is 389 Å². The van der Waals surface area contributed by atoms with Crippen LogP contribution >= 0.6 is 11.6 Å². The molecule has 0 spiro atoms. The van der Waals surface area contributed by atoms with Gasteiger partial charge in [0.05, 0.1) is 35.8 Å². The molecule has 5 aliphatic rings. The smallest absolute Gasteiger partial charge is 0.419 e. The molecule has 65 heavy (non-hydrogen) atoms. The number of Topliss-reactive ketones (excluding diaryl/α,β-unsaturated/α-hetero) is 1. The number of benzene rings is 1. The third-order valence-corrected chi connectivity index (χ3v) is 15.4. The summed E-state index contributed by atoms with van der Waals surface area (Å²) >= 11 is 6.16. The molecule has 4 aliphatic heterocycles. The second kappa shape index (κ2) is 20.8. The lowest BCUT2D eigenvalue weighted by Crippen LogP contribution is -2.62. The van der Waals surface area contributed by atoms with E-state index >= 15 is 4.79 Å². The van der Waals surface area contributed by atoms with Gasteiger partial charge < -0.3 is 38.3 Å². The molecule has 4 saturated heterocycles. The van der Waals surface area contributed by atoms with Gasteiger partial charge in [-0.15, -0.1) is 0 Å². The minimum absolute atomic E-state index is 0.0392. The minimum atomic E-state index is -1.49. The number of esters is 1. The second-order valence-corrected chi connectivity index (χ2v) is 20.2. The number of halogens is 1. The maximum absolute atomic E-state index is 15.0. The highest BCUT2D eigenvalue weighted by Gasteiger charge is 2.61. The molecule has 1 aliphatic carbocycles. The van der Waals surface area contributed by atoms with Crippen molar-refractivity contribution < 1.29 is 62.2 Å². The highest BCUT2D eigenvalue weighted by atomic mass is 35.5. The van der Waals surface area contributed by atoms with E-state index in [1.807, 2.05) is 26.1 Å². The summed E-state index contributed by atoms with van der Waals surface area (Å²) in [7, 11) is 3.52. The summed E-state index contributed by atoms with van der Waals surface area (Å²) in [6, 6.07) is 5.76. The quantitative estimate of drug-likeness (QED) is 0.184. The number of ketones is 1. The summed E-state index contributed by atoms with van der Waals surface area (Å²) < 4.78 is 43.8. The molecule has 0 aromatic heterocycles. The molecule has 15 atom stereocenters. The van der Waals surface area contributed by atoms with Crippen LogP contribution in [0, 0.1) is 23.7 Å². The zero-order valence-electron chi connectivity index (χ0n) is 40.0. The van der Waals surface area contributed by atoms with Crippen molar-refractivity contribution in [2.45, 2.75) is 186 Å². The monoisotopic (exact) mass is 933 g/mol. The Hall–Kier alpha value is -3.54. The molecule has 4 heterocycles. The van der Waals surface area contributed by atoms with E-state index in [4.69, 9.17) is 44.8 Å². The second-order valence-electron chi connectivity index (χ2n) is 19.8. The lowest BCUT2D eigenvalue weighted by atomic mass is 9.73. The van der Waals surface area contributed by atoms with Gasteiger partial charge in [0.25, 0.3) is 0 Å². The summed E-state index contributed by atoms with van der Waals surface area (Å²) in [5, 5.41) is 12.7. The number of aliphatic hydroxyl groups excluding tert-OH is 1. The molecule has 6 rings (SSSR count). The van der Waals surface area contributed by atoms with E-state index in [1.165, 1.54) is 7.11 Å². The number of hydrogen-bond donors (Lipinski definition) is 1. The zero-order valence-corrected chi connectivity index (χ0v) is 40.8. The van der Waals surface area contributed by atoms with Crippen molar-refractivity contribution in [2.75, 3.05) is 27.3 Å². The molecular weight excluding hydrogens is 862 g/mol. The number of cyclic esters (lactones) is 2. The molecular formula is C48H72ClN3O13. The predicted octanol–water partition coefficient (Wildman–Crippen LogP) is 7.18. The molecule has 0 unspecified atom stereocenters. The van der Waals surface area contributed by atoms with Crippen LogP contribution in [0.3, 0.4) is 0 Å². The van der Waals surface area contributed by atoms with Gasteiger partial charge in [0.15, 0.2) is 11.9 Å². The molecule has 1 aromatic rings. The molecule has 1 N–H and O–H groups in total. The van der Waals surface area contributed by atoms with Crippen LogP contribution < -0.4 is 0 Å². The summed E-state index contributed by atoms with van der Waals surface area (Å²) in [6.07, 6.45) is -3.13. The van der Waals surface area contributed by atoms with E-state index in [0.717, 1.165) is 36.1 Å². The van der Waals surface area contributed by atoms with Crippen molar-refractivity contribution in [1.82, 2.24) is 14.7 Å². The molecule has 0 radical (unpaired) electrons. The fourth-order valence-corrected chi connectivity index (χ4v) is 11.5. The van der Waals surface area contributed by atoms with Crippen LogP contribution in [0.15, 0.2) is 24.3 Å².